The molecule has 0 spiro atoms. The molecule has 0 aliphatic rings. The van der Waals surface area contributed by atoms with Gasteiger partial charge in [0.1, 0.15) is 11.6 Å². The largest absolute Gasteiger partial charge is 0.496 e. The molecule has 1 heterocycles. The van der Waals surface area contributed by atoms with E-state index in [1.54, 1.807) is 19.2 Å². The number of nitrogens with zero attached hydrogens (tertiary/aromatic N) is 2. The summed E-state index contributed by atoms with van der Waals surface area (Å²) in [7, 11) is 1.59. The molecule has 3 rings (SSSR count). The molecule has 1 N–H and O–H groups in total. The van der Waals surface area contributed by atoms with Gasteiger partial charge in [-0.3, -0.25) is 0 Å². The molecule has 0 bridgehead atoms. The van der Waals surface area contributed by atoms with E-state index >= 15 is 0 Å². The number of methoxy groups -OCH3 is 1. The number of benzene rings is 2. The van der Waals surface area contributed by atoms with Crippen LogP contribution in [-0.4, -0.2) is 17.3 Å². The number of ether oxygens (including phenoxy) is 1. The molecule has 1 aromatic heterocycles. The molecule has 0 atom stereocenters. The Morgan fingerprint density at radius 1 is 1.14 bits per heavy atom. The highest BCUT2D eigenvalue weighted by atomic mass is 19.1. The van der Waals surface area contributed by atoms with Crippen LogP contribution in [0.2, 0.25) is 0 Å². The summed E-state index contributed by atoms with van der Waals surface area (Å²) in [6.45, 7) is 0.355. The number of nitrogens with one attached hydrogen (secondary N) is 1. The Kier molecular flexibility index (Phi) is 4.00. The van der Waals surface area contributed by atoms with Crippen molar-refractivity contribution in [2.75, 3.05) is 12.4 Å². The van der Waals surface area contributed by atoms with Gasteiger partial charge >= 0.3 is 0 Å². The molecule has 0 fully saturated rings. The normalized spacial score (nSPS) is 10.5. The summed E-state index contributed by atoms with van der Waals surface area (Å²) in [4.78, 5) is 4.33. The van der Waals surface area contributed by atoms with Gasteiger partial charge in [-0.15, -0.1) is 0 Å². The Hall–Kier alpha value is -2.89. The number of aromatic nitrogens is 2. The summed E-state index contributed by atoms with van der Waals surface area (Å²) in [6, 6.07) is 13.5. The van der Waals surface area contributed by atoms with E-state index in [1.165, 1.54) is 12.1 Å². The van der Waals surface area contributed by atoms with Crippen LogP contribution in [0, 0.1) is 5.82 Å². The summed E-state index contributed by atoms with van der Waals surface area (Å²) in [5.74, 6) is 1.31. The Labute approximate surface area is 126 Å². The SMILES string of the molecule is COc1ccccc1-c1noc(CNc2ccc(F)cc2)n1. The van der Waals surface area contributed by atoms with Crippen LogP contribution in [0.15, 0.2) is 53.1 Å². The van der Waals surface area contributed by atoms with Crippen molar-refractivity contribution in [3.05, 3.63) is 60.2 Å². The lowest BCUT2D eigenvalue weighted by molar-refractivity contribution is 0.383. The van der Waals surface area contributed by atoms with Crippen LogP contribution in [0.1, 0.15) is 5.89 Å². The molecule has 0 saturated carbocycles. The Morgan fingerprint density at radius 2 is 1.91 bits per heavy atom. The number of anilines is 1. The summed E-state index contributed by atoms with van der Waals surface area (Å²) >= 11 is 0. The Morgan fingerprint density at radius 3 is 2.68 bits per heavy atom. The van der Waals surface area contributed by atoms with Crippen LogP contribution in [0.4, 0.5) is 10.1 Å². The molecular formula is C16H14FN3O2. The first-order valence-electron chi connectivity index (χ1n) is 6.71. The second-order valence-electron chi connectivity index (χ2n) is 4.57. The summed E-state index contributed by atoms with van der Waals surface area (Å²) in [6.07, 6.45) is 0. The van der Waals surface area contributed by atoms with Gasteiger partial charge in [0.15, 0.2) is 0 Å². The number of hydrogen-bond acceptors (Lipinski definition) is 5. The fraction of sp³-hybridized carbons (Fsp3) is 0.125. The quantitative estimate of drug-likeness (QED) is 0.781. The molecule has 0 unspecified atom stereocenters. The van der Waals surface area contributed by atoms with Gasteiger partial charge in [0.05, 0.1) is 19.2 Å². The highest BCUT2D eigenvalue weighted by Crippen LogP contribution is 2.27. The van der Waals surface area contributed by atoms with E-state index in [1.807, 2.05) is 24.3 Å². The zero-order valence-corrected chi connectivity index (χ0v) is 11.9. The van der Waals surface area contributed by atoms with Crippen molar-refractivity contribution in [1.29, 1.82) is 0 Å². The number of para-hydroxylation sites is 1. The summed E-state index contributed by atoms with van der Waals surface area (Å²) in [5.41, 5.74) is 1.54. The minimum absolute atomic E-state index is 0.276. The molecule has 22 heavy (non-hydrogen) atoms. The lowest BCUT2D eigenvalue weighted by Gasteiger charge is -2.03. The van der Waals surface area contributed by atoms with Gasteiger partial charge in [0.25, 0.3) is 0 Å². The van der Waals surface area contributed by atoms with Gasteiger partial charge in [0, 0.05) is 5.69 Å². The average molecular weight is 299 g/mol. The van der Waals surface area contributed by atoms with Crippen LogP contribution >= 0.6 is 0 Å². The standard InChI is InChI=1S/C16H14FN3O2/c1-21-14-5-3-2-4-13(14)16-19-15(22-20-16)10-18-12-8-6-11(17)7-9-12/h2-9,18H,10H2,1H3. The molecule has 0 aliphatic heterocycles. The molecule has 0 aliphatic carbocycles. The highest BCUT2D eigenvalue weighted by Gasteiger charge is 2.12. The first-order chi connectivity index (χ1) is 10.8. The van der Waals surface area contributed by atoms with Crippen molar-refractivity contribution < 1.29 is 13.7 Å². The van der Waals surface area contributed by atoms with Crippen LogP contribution in [-0.2, 0) is 6.54 Å². The summed E-state index contributed by atoms with van der Waals surface area (Å²) < 4.78 is 23.3. The van der Waals surface area contributed by atoms with E-state index in [2.05, 4.69) is 15.5 Å². The van der Waals surface area contributed by atoms with E-state index in [0.717, 1.165) is 11.3 Å². The average Bonchev–Trinajstić information content (AvgIpc) is 3.03. The second kappa shape index (κ2) is 6.26. The zero-order chi connectivity index (χ0) is 15.4. The van der Waals surface area contributed by atoms with Gasteiger partial charge in [-0.1, -0.05) is 17.3 Å². The number of halogens is 1. The van der Waals surface area contributed by atoms with Crippen molar-refractivity contribution in [2.45, 2.75) is 6.54 Å². The fourth-order valence-electron chi connectivity index (χ4n) is 2.01. The third-order valence-corrected chi connectivity index (χ3v) is 3.10. The molecule has 0 saturated heterocycles. The minimum Gasteiger partial charge on any atom is -0.496 e. The third-order valence-electron chi connectivity index (χ3n) is 3.10. The van der Waals surface area contributed by atoms with Crippen LogP contribution in [0.5, 0.6) is 5.75 Å². The molecular weight excluding hydrogens is 285 g/mol. The maximum Gasteiger partial charge on any atom is 0.246 e. The highest BCUT2D eigenvalue weighted by molar-refractivity contribution is 5.63. The molecule has 0 amide bonds. The van der Waals surface area contributed by atoms with E-state index in [0.29, 0.717) is 24.0 Å². The lowest BCUT2D eigenvalue weighted by atomic mass is 10.2. The van der Waals surface area contributed by atoms with E-state index < -0.39 is 0 Å². The third kappa shape index (κ3) is 3.06. The fourth-order valence-corrected chi connectivity index (χ4v) is 2.01. The van der Waals surface area contributed by atoms with Gasteiger partial charge in [-0.05, 0) is 36.4 Å². The predicted octanol–water partition coefficient (Wildman–Crippen LogP) is 3.50. The van der Waals surface area contributed by atoms with Crippen molar-refractivity contribution in [3.63, 3.8) is 0 Å². The Bertz CT molecular complexity index is 756. The van der Waals surface area contributed by atoms with E-state index in [9.17, 15) is 4.39 Å². The minimum atomic E-state index is -0.276. The predicted molar refractivity (Wildman–Crippen MR) is 80.0 cm³/mol. The lowest BCUT2D eigenvalue weighted by Crippen LogP contribution is -1.99. The van der Waals surface area contributed by atoms with Crippen LogP contribution < -0.4 is 10.1 Å². The van der Waals surface area contributed by atoms with Gasteiger partial charge in [-0.25, -0.2) is 4.39 Å². The molecule has 2 aromatic carbocycles. The molecule has 0 radical (unpaired) electrons. The molecule has 3 aromatic rings. The van der Waals surface area contributed by atoms with Crippen molar-refractivity contribution in [1.82, 2.24) is 10.1 Å². The molecule has 6 heteroatoms. The van der Waals surface area contributed by atoms with Crippen molar-refractivity contribution in [2.24, 2.45) is 0 Å². The monoisotopic (exact) mass is 299 g/mol. The second-order valence-corrected chi connectivity index (χ2v) is 4.57. The number of rotatable bonds is 5. The maximum absolute atomic E-state index is 12.8. The van der Waals surface area contributed by atoms with Crippen molar-refractivity contribution in [3.8, 4) is 17.1 Å². The van der Waals surface area contributed by atoms with Gasteiger partial charge < -0.3 is 14.6 Å². The smallest absolute Gasteiger partial charge is 0.246 e. The first kappa shape index (κ1) is 14.1. The first-order valence-corrected chi connectivity index (χ1v) is 6.71. The molecule has 112 valence electrons. The summed E-state index contributed by atoms with van der Waals surface area (Å²) in [5, 5.41) is 7.04. The maximum atomic E-state index is 12.8. The van der Waals surface area contributed by atoms with Crippen LogP contribution in [0.25, 0.3) is 11.4 Å². The zero-order valence-electron chi connectivity index (χ0n) is 11.9. The number of hydrogen-bond donors (Lipinski definition) is 1. The Balaban J connectivity index is 1.72. The van der Waals surface area contributed by atoms with Gasteiger partial charge in [-0.2, -0.15) is 4.98 Å². The van der Waals surface area contributed by atoms with Crippen LogP contribution in [0.3, 0.4) is 0 Å². The topological polar surface area (TPSA) is 60.2 Å². The molecule has 5 nitrogen and oxygen atoms in total. The van der Waals surface area contributed by atoms with Crippen molar-refractivity contribution >= 4 is 5.69 Å². The van der Waals surface area contributed by atoms with E-state index in [-0.39, 0.29) is 5.82 Å². The van der Waals surface area contributed by atoms with Gasteiger partial charge in [0.2, 0.25) is 11.7 Å². The van der Waals surface area contributed by atoms with E-state index in [4.69, 9.17) is 9.26 Å².